The summed E-state index contributed by atoms with van der Waals surface area (Å²) >= 11 is 0. The van der Waals surface area contributed by atoms with Crippen molar-refractivity contribution in [2.24, 2.45) is 0 Å². The van der Waals surface area contributed by atoms with Crippen molar-refractivity contribution in [1.29, 1.82) is 5.26 Å². The highest BCUT2D eigenvalue weighted by Gasteiger charge is 2.06. The molecule has 0 saturated heterocycles. The maximum atomic E-state index is 8.79. The minimum Gasteiger partial charge on any atom is -0.338 e. The van der Waals surface area contributed by atoms with Crippen LogP contribution >= 0.6 is 0 Å². The largest absolute Gasteiger partial charge is 0.338 e. The average Bonchev–Trinajstić information content (AvgIpc) is 2.96. The monoisotopic (exact) mass is 209 g/mol. The van der Waals surface area contributed by atoms with Crippen molar-refractivity contribution in [3.8, 4) is 17.5 Å². The third-order valence-electron chi connectivity index (χ3n) is 2.38. The van der Waals surface area contributed by atoms with Gasteiger partial charge in [-0.2, -0.15) is 10.4 Å². The predicted octanol–water partition coefficient (Wildman–Crippen LogP) is 1.82. The van der Waals surface area contributed by atoms with Gasteiger partial charge in [-0.05, 0) is 18.2 Å². The molecule has 2 aromatic heterocycles. The van der Waals surface area contributed by atoms with E-state index in [1.54, 1.807) is 24.5 Å². The molecule has 0 amide bonds. The Bertz CT molecular complexity index is 672. The van der Waals surface area contributed by atoms with Crippen LogP contribution in [0.25, 0.3) is 22.4 Å². The van der Waals surface area contributed by atoms with E-state index in [9.17, 15) is 0 Å². The van der Waals surface area contributed by atoms with Gasteiger partial charge in [0.15, 0.2) is 0 Å². The Morgan fingerprint density at radius 2 is 2.25 bits per heavy atom. The van der Waals surface area contributed by atoms with Crippen molar-refractivity contribution in [1.82, 2.24) is 20.2 Å². The Morgan fingerprint density at radius 3 is 3.00 bits per heavy atom. The van der Waals surface area contributed by atoms with Crippen LogP contribution in [-0.4, -0.2) is 20.2 Å². The second-order valence-corrected chi connectivity index (χ2v) is 3.42. The topological polar surface area (TPSA) is 81.2 Å². The quantitative estimate of drug-likeness (QED) is 0.641. The first kappa shape index (κ1) is 8.68. The van der Waals surface area contributed by atoms with Crippen LogP contribution in [0.5, 0.6) is 0 Å². The summed E-state index contributed by atoms with van der Waals surface area (Å²) in [6, 6.07) is 7.46. The van der Waals surface area contributed by atoms with E-state index in [0.717, 1.165) is 22.4 Å². The molecular weight excluding hydrogens is 202 g/mol. The van der Waals surface area contributed by atoms with Crippen LogP contribution in [0.2, 0.25) is 0 Å². The fraction of sp³-hybridized carbons (Fsp3) is 0. The molecule has 0 atom stereocenters. The van der Waals surface area contributed by atoms with E-state index in [1.165, 1.54) is 0 Å². The van der Waals surface area contributed by atoms with E-state index in [2.05, 4.69) is 26.2 Å². The number of hydrogen-bond donors (Lipinski definition) is 2. The van der Waals surface area contributed by atoms with Crippen LogP contribution < -0.4 is 0 Å². The molecule has 5 heteroatoms. The normalized spacial score (nSPS) is 10.4. The van der Waals surface area contributed by atoms with Crippen molar-refractivity contribution >= 4 is 11.0 Å². The van der Waals surface area contributed by atoms with Crippen LogP contribution in [0.1, 0.15) is 5.56 Å². The highest BCUT2D eigenvalue weighted by Crippen LogP contribution is 2.19. The summed E-state index contributed by atoms with van der Waals surface area (Å²) in [5, 5.41) is 15.4. The summed E-state index contributed by atoms with van der Waals surface area (Å²) in [7, 11) is 0. The van der Waals surface area contributed by atoms with E-state index in [-0.39, 0.29) is 0 Å². The molecule has 3 rings (SSSR count). The summed E-state index contributed by atoms with van der Waals surface area (Å²) in [5.74, 6) is 0.749. The van der Waals surface area contributed by atoms with Gasteiger partial charge >= 0.3 is 0 Å². The zero-order valence-corrected chi connectivity index (χ0v) is 8.23. The lowest BCUT2D eigenvalue weighted by atomic mass is 10.2. The number of nitriles is 1. The summed E-state index contributed by atoms with van der Waals surface area (Å²) < 4.78 is 0. The lowest BCUT2D eigenvalue weighted by molar-refractivity contribution is 1.09. The Hall–Kier alpha value is -2.61. The van der Waals surface area contributed by atoms with E-state index in [0.29, 0.717) is 5.56 Å². The molecule has 0 aliphatic rings. The Balaban J connectivity index is 2.20. The molecule has 0 spiro atoms. The fourth-order valence-corrected chi connectivity index (χ4v) is 1.60. The van der Waals surface area contributed by atoms with Gasteiger partial charge in [-0.1, -0.05) is 0 Å². The van der Waals surface area contributed by atoms with Crippen molar-refractivity contribution < 1.29 is 0 Å². The summed E-state index contributed by atoms with van der Waals surface area (Å²) in [6.45, 7) is 0. The molecular formula is C11H7N5. The number of fused-ring (bicyclic) bond motifs is 1. The number of aromatic nitrogens is 4. The SMILES string of the molecule is N#Cc1ccc2nc(-c3cn[nH]c3)[nH]c2c1. The number of aromatic amines is 2. The summed E-state index contributed by atoms with van der Waals surface area (Å²) in [6.07, 6.45) is 3.46. The molecule has 0 saturated carbocycles. The average molecular weight is 209 g/mol. The third-order valence-corrected chi connectivity index (χ3v) is 2.38. The van der Waals surface area contributed by atoms with Crippen molar-refractivity contribution in [3.05, 3.63) is 36.2 Å². The van der Waals surface area contributed by atoms with Gasteiger partial charge in [-0.25, -0.2) is 4.98 Å². The highest BCUT2D eigenvalue weighted by molar-refractivity contribution is 5.80. The molecule has 0 aliphatic heterocycles. The standard InChI is InChI=1S/C11H7N5/c12-4-7-1-2-9-10(3-7)16-11(15-9)8-5-13-14-6-8/h1-3,5-6H,(H,13,14)(H,15,16). The van der Waals surface area contributed by atoms with Gasteiger partial charge in [0.05, 0.1) is 34.4 Å². The maximum absolute atomic E-state index is 8.79. The first-order valence-electron chi connectivity index (χ1n) is 4.76. The zero-order valence-electron chi connectivity index (χ0n) is 8.23. The lowest BCUT2D eigenvalue weighted by Crippen LogP contribution is -1.74. The van der Waals surface area contributed by atoms with E-state index < -0.39 is 0 Å². The fourth-order valence-electron chi connectivity index (χ4n) is 1.60. The molecule has 0 aliphatic carbocycles. The number of imidazole rings is 1. The Morgan fingerprint density at radius 1 is 1.31 bits per heavy atom. The summed E-state index contributed by atoms with van der Waals surface area (Å²) in [5.41, 5.74) is 3.22. The number of nitrogens with one attached hydrogen (secondary N) is 2. The number of H-pyrrole nitrogens is 2. The number of benzene rings is 1. The highest BCUT2D eigenvalue weighted by atomic mass is 15.1. The Kier molecular flexibility index (Phi) is 1.74. The molecule has 2 heterocycles. The number of rotatable bonds is 1. The van der Waals surface area contributed by atoms with Crippen molar-refractivity contribution in [3.63, 3.8) is 0 Å². The minimum absolute atomic E-state index is 0.620. The van der Waals surface area contributed by atoms with Crippen LogP contribution in [0, 0.1) is 11.3 Å². The van der Waals surface area contributed by atoms with Gasteiger partial charge in [0, 0.05) is 6.20 Å². The molecule has 0 unspecified atom stereocenters. The van der Waals surface area contributed by atoms with Gasteiger partial charge in [0.2, 0.25) is 0 Å². The summed E-state index contributed by atoms with van der Waals surface area (Å²) in [4.78, 5) is 7.56. The Labute approximate surface area is 90.8 Å². The smallest absolute Gasteiger partial charge is 0.141 e. The van der Waals surface area contributed by atoms with Crippen molar-refractivity contribution in [2.45, 2.75) is 0 Å². The van der Waals surface area contributed by atoms with Crippen molar-refractivity contribution in [2.75, 3.05) is 0 Å². The molecule has 0 radical (unpaired) electrons. The van der Waals surface area contributed by atoms with E-state index in [4.69, 9.17) is 5.26 Å². The molecule has 16 heavy (non-hydrogen) atoms. The van der Waals surface area contributed by atoms with Crippen LogP contribution in [-0.2, 0) is 0 Å². The minimum atomic E-state index is 0.620. The molecule has 76 valence electrons. The molecule has 5 nitrogen and oxygen atoms in total. The van der Waals surface area contributed by atoms with Crippen LogP contribution in [0.4, 0.5) is 0 Å². The first-order chi connectivity index (χ1) is 7.86. The molecule has 3 aromatic rings. The van der Waals surface area contributed by atoms with E-state index >= 15 is 0 Å². The second-order valence-electron chi connectivity index (χ2n) is 3.42. The lowest BCUT2D eigenvalue weighted by Gasteiger charge is -1.87. The molecule has 2 N–H and O–H groups in total. The van der Waals surface area contributed by atoms with Gasteiger partial charge in [0.25, 0.3) is 0 Å². The maximum Gasteiger partial charge on any atom is 0.141 e. The third kappa shape index (κ3) is 1.25. The van der Waals surface area contributed by atoms with Gasteiger partial charge in [0.1, 0.15) is 5.82 Å². The first-order valence-corrected chi connectivity index (χ1v) is 4.76. The predicted molar refractivity (Wildman–Crippen MR) is 58.4 cm³/mol. The van der Waals surface area contributed by atoms with E-state index in [1.807, 2.05) is 6.07 Å². The van der Waals surface area contributed by atoms with Crippen LogP contribution in [0.15, 0.2) is 30.6 Å². The number of hydrogen-bond acceptors (Lipinski definition) is 3. The second kappa shape index (κ2) is 3.21. The van der Waals surface area contributed by atoms with Crippen LogP contribution in [0.3, 0.4) is 0 Å². The van der Waals surface area contributed by atoms with Gasteiger partial charge < -0.3 is 4.98 Å². The number of nitrogens with zero attached hydrogens (tertiary/aromatic N) is 3. The molecule has 0 fully saturated rings. The molecule has 0 bridgehead atoms. The van der Waals surface area contributed by atoms with Gasteiger partial charge in [-0.15, -0.1) is 0 Å². The van der Waals surface area contributed by atoms with Gasteiger partial charge in [-0.3, -0.25) is 5.10 Å². The zero-order chi connectivity index (χ0) is 11.0. The molecule has 1 aromatic carbocycles.